The molecule has 2 heterocycles. The predicted octanol–water partition coefficient (Wildman–Crippen LogP) is 2.00. The van der Waals surface area contributed by atoms with Gasteiger partial charge in [-0.15, -0.1) is 0 Å². The Hall–Kier alpha value is -1.40. The number of aromatic nitrogens is 2. The van der Waals surface area contributed by atoms with Crippen LogP contribution in [0.4, 0.5) is 5.82 Å². The van der Waals surface area contributed by atoms with Gasteiger partial charge in [-0.1, -0.05) is 13.8 Å². The first-order valence-corrected chi connectivity index (χ1v) is 7.97. The fourth-order valence-electron chi connectivity index (χ4n) is 2.93. The highest BCUT2D eigenvalue weighted by molar-refractivity contribution is 5.92. The molecule has 0 saturated carbocycles. The van der Waals surface area contributed by atoms with Crippen LogP contribution in [0.15, 0.2) is 6.07 Å². The Morgan fingerprint density at radius 3 is 3.05 bits per heavy atom. The molecule has 1 amide bonds. The fraction of sp³-hybridized carbons (Fsp3) is 0.750. The Bertz CT molecular complexity index is 499. The Balaban J connectivity index is 2.02. The minimum absolute atomic E-state index is 0.00469. The number of methoxy groups -OCH3 is 1. The molecule has 0 radical (unpaired) electrons. The first kappa shape index (κ1) is 17.0. The van der Waals surface area contributed by atoms with E-state index in [1.165, 1.54) is 0 Å². The normalized spacial score (nSPS) is 22.0. The number of carbonyl (C=O) groups excluding carboxylic acids is 1. The van der Waals surface area contributed by atoms with Crippen molar-refractivity contribution in [2.24, 2.45) is 18.9 Å². The minimum Gasteiger partial charge on any atom is -0.384 e. The second-order valence-electron chi connectivity index (χ2n) is 6.20. The van der Waals surface area contributed by atoms with Gasteiger partial charge in [0.1, 0.15) is 5.82 Å². The molecule has 2 atom stereocenters. The van der Waals surface area contributed by atoms with E-state index in [-0.39, 0.29) is 17.9 Å². The van der Waals surface area contributed by atoms with Crippen molar-refractivity contribution >= 4 is 11.7 Å². The van der Waals surface area contributed by atoms with Gasteiger partial charge in [0.25, 0.3) is 0 Å². The number of nitrogens with one attached hydrogen (secondary N) is 1. The highest BCUT2D eigenvalue weighted by Crippen LogP contribution is 2.27. The van der Waals surface area contributed by atoms with Gasteiger partial charge in [-0.3, -0.25) is 9.48 Å². The van der Waals surface area contributed by atoms with Gasteiger partial charge in [-0.2, -0.15) is 5.10 Å². The van der Waals surface area contributed by atoms with Crippen LogP contribution in [0.5, 0.6) is 0 Å². The molecule has 1 fully saturated rings. The zero-order valence-electron chi connectivity index (χ0n) is 14.0. The van der Waals surface area contributed by atoms with Crippen molar-refractivity contribution in [3.8, 4) is 0 Å². The van der Waals surface area contributed by atoms with E-state index < -0.39 is 0 Å². The Morgan fingerprint density at radius 2 is 2.36 bits per heavy atom. The van der Waals surface area contributed by atoms with Crippen LogP contribution >= 0.6 is 0 Å². The highest BCUT2D eigenvalue weighted by Gasteiger charge is 2.34. The first-order valence-electron chi connectivity index (χ1n) is 7.97. The maximum Gasteiger partial charge on any atom is 0.231 e. The van der Waals surface area contributed by atoms with Gasteiger partial charge in [0, 0.05) is 33.3 Å². The number of aryl methyl sites for hydroxylation is 1. The van der Waals surface area contributed by atoms with Crippen molar-refractivity contribution in [2.45, 2.75) is 39.2 Å². The van der Waals surface area contributed by atoms with Crippen molar-refractivity contribution in [3.05, 3.63) is 11.8 Å². The monoisotopic (exact) mass is 309 g/mol. The maximum absolute atomic E-state index is 12.6. The van der Waals surface area contributed by atoms with Crippen LogP contribution in [-0.4, -0.2) is 42.1 Å². The molecule has 22 heavy (non-hydrogen) atoms. The molecule has 1 aromatic rings. The molecule has 1 N–H and O–H groups in total. The van der Waals surface area contributed by atoms with Crippen LogP contribution in [0.2, 0.25) is 0 Å². The molecule has 124 valence electrons. The number of hydrogen-bond acceptors (Lipinski definition) is 4. The van der Waals surface area contributed by atoms with Crippen molar-refractivity contribution in [1.82, 2.24) is 9.78 Å². The third-order valence-corrected chi connectivity index (χ3v) is 4.10. The average Bonchev–Trinajstić information content (AvgIpc) is 2.85. The summed E-state index contributed by atoms with van der Waals surface area (Å²) < 4.78 is 12.6. The third-order valence-electron chi connectivity index (χ3n) is 4.10. The molecule has 1 saturated heterocycles. The summed E-state index contributed by atoms with van der Waals surface area (Å²) in [6, 6.07) is 1.91. The molecular weight excluding hydrogens is 282 g/mol. The van der Waals surface area contributed by atoms with E-state index in [2.05, 4.69) is 24.3 Å². The van der Waals surface area contributed by atoms with Gasteiger partial charge in [0.05, 0.1) is 24.3 Å². The van der Waals surface area contributed by atoms with E-state index in [9.17, 15) is 4.79 Å². The molecule has 0 bridgehead atoms. The van der Waals surface area contributed by atoms with E-state index in [0.29, 0.717) is 12.5 Å². The van der Waals surface area contributed by atoms with Gasteiger partial charge in [-0.05, 0) is 18.8 Å². The Morgan fingerprint density at radius 1 is 1.59 bits per heavy atom. The smallest absolute Gasteiger partial charge is 0.231 e. The lowest BCUT2D eigenvalue weighted by molar-refractivity contribution is -0.131. The number of rotatable bonds is 6. The molecule has 0 spiro atoms. The van der Waals surface area contributed by atoms with Crippen molar-refractivity contribution < 1.29 is 14.3 Å². The second-order valence-corrected chi connectivity index (χ2v) is 6.20. The summed E-state index contributed by atoms with van der Waals surface area (Å²) in [6.07, 6.45) is 2.55. The van der Waals surface area contributed by atoms with Gasteiger partial charge in [0.15, 0.2) is 0 Å². The third kappa shape index (κ3) is 4.08. The Labute approximate surface area is 132 Å². The Kier molecular flexibility index (Phi) is 5.97. The molecule has 0 aliphatic carbocycles. The molecule has 2 rings (SSSR count). The van der Waals surface area contributed by atoms with Gasteiger partial charge < -0.3 is 14.8 Å². The topological polar surface area (TPSA) is 65.4 Å². The SMILES string of the molecule is COCCc1cc(NC(=O)C2CCCOC2C(C)C)n(C)n1. The molecule has 2 unspecified atom stereocenters. The summed E-state index contributed by atoms with van der Waals surface area (Å²) in [5.74, 6) is 0.995. The summed E-state index contributed by atoms with van der Waals surface area (Å²) >= 11 is 0. The number of carbonyl (C=O) groups is 1. The number of ether oxygens (including phenoxy) is 2. The van der Waals surface area contributed by atoms with Crippen LogP contribution < -0.4 is 5.32 Å². The number of hydrogen-bond donors (Lipinski definition) is 1. The van der Waals surface area contributed by atoms with Crippen molar-refractivity contribution in [1.29, 1.82) is 0 Å². The van der Waals surface area contributed by atoms with Crippen molar-refractivity contribution in [3.63, 3.8) is 0 Å². The number of amides is 1. The summed E-state index contributed by atoms with van der Waals surface area (Å²) in [7, 11) is 3.50. The quantitative estimate of drug-likeness (QED) is 0.873. The van der Waals surface area contributed by atoms with Crippen LogP contribution in [0.1, 0.15) is 32.4 Å². The maximum atomic E-state index is 12.6. The van der Waals surface area contributed by atoms with E-state index >= 15 is 0 Å². The molecular formula is C16H27N3O3. The van der Waals surface area contributed by atoms with Crippen LogP contribution in [0.25, 0.3) is 0 Å². The fourth-order valence-corrected chi connectivity index (χ4v) is 2.93. The zero-order chi connectivity index (χ0) is 16.1. The van der Waals surface area contributed by atoms with Crippen LogP contribution in [0, 0.1) is 11.8 Å². The second kappa shape index (κ2) is 7.74. The average molecular weight is 309 g/mol. The van der Waals surface area contributed by atoms with Gasteiger partial charge in [0.2, 0.25) is 5.91 Å². The minimum atomic E-state index is -0.0916. The molecule has 6 nitrogen and oxygen atoms in total. The van der Waals surface area contributed by atoms with E-state index in [0.717, 1.165) is 37.4 Å². The van der Waals surface area contributed by atoms with E-state index in [1.54, 1.807) is 11.8 Å². The summed E-state index contributed by atoms with van der Waals surface area (Å²) in [5.41, 5.74) is 0.917. The van der Waals surface area contributed by atoms with Crippen LogP contribution in [-0.2, 0) is 27.7 Å². The number of nitrogens with zero attached hydrogens (tertiary/aromatic N) is 2. The molecule has 1 aliphatic rings. The molecule has 1 aliphatic heterocycles. The summed E-state index contributed by atoms with van der Waals surface area (Å²) in [4.78, 5) is 12.6. The van der Waals surface area contributed by atoms with E-state index in [4.69, 9.17) is 9.47 Å². The molecule has 1 aromatic heterocycles. The van der Waals surface area contributed by atoms with Gasteiger partial charge in [-0.25, -0.2) is 0 Å². The van der Waals surface area contributed by atoms with Gasteiger partial charge >= 0.3 is 0 Å². The number of anilines is 1. The van der Waals surface area contributed by atoms with Crippen LogP contribution in [0.3, 0.4) is 0 Å². The first-order chi connectivity index (χ1) is 10.5. The lowest BCUT2D eigenvalue weighted by atomic mass is 9.87. The van der Waals surface area contributed by atoms with Crippen molar-refractivity contribution in [2.75, 3.05) is 25.6 Å². The summed E-state index contributed by atoms with van der Waals surface area (Å²) in [5, 5.41) is 7.39. The molecule has 0 aromatic carbocycles. The largest absolute Gasteiger partial charge is 0.384 e. The molecule has 6 heteroatoms. The highest BCUT2D eigenvalue weighted by atomic mass is 16.5. The lowest BCUT2D eigenvalue weighted by Crippen LogP contribution is -2.41. The standard InChI is InChI=1S/C16H27N3O3/c1-11(2)15-13(6-5-8-22-15)16(20)17-14-10-12(7-9-21-4)18-19(14)3/h10-11,13,15H,5-9H2,1-4H3,(H,17,20). The van der Waals surface area contributed by atoms with E-state index in [1.807, 2.05) is 13.1 Å². The lowest BCUT2D eigenvalue weighted by Gasteiger charge is -2.33. The predicted molar refractivity (Wildman–Crippen MR) is 84.7 cm³/mol. The summed E-state index contributed by atoms with van der Waals surface area (Å²) in [6.45, 7) is 5.57. The zero-order valence-corrected chi connectivity index (χ0v) is 14.0.